The van der Waals surface area contributed by atoms with Gasteiger partial charge in [0.15, 0.2) is 4.80 Å². The van der Waals surface area contributed by atoms with Gasteiger partial charge in [0, 0.05) is 4.47 Å². The van der Waals surface area contributed by atoms with Gasteiger partial charge in [0.1, 0.15) is 6.54 Å². The SMILES string of the molecule is COC(=O)Cn1c(=NC(=O)c2ccccc2Br)sc2cc(C(C)C)ccc21. The largest absolute Gasteiger partial charge is 0.468 e. The van der Waals surface area contributed by atoms with E-state index >= 15 is 0 Å². The molecule has 0 aliphatic rings. The van der Waals surface area contributed by atoms with Gasteiger partial charge >= 0.3 is 5.97 Å². The molecule has 0 N–H and O–H groups in total. The van der Waals surface area contributed by atoms with E-state index in [2.05, 4.69) is 40.8 Å². The first-order valence-electron chi connectivity index (χ1n) is 8.44. The van der Waals surface area contributed by atoms with Crippen molar-refractivity contribution in [2.45, 2.75) is 26.3 Å². The monoisotopic (exact) mass is 446 g/mol. The van der Waals surface area contributed by atoms with Gasteiger partial charge in [-0.2, -0.15) is 4.99 Å². The van der Waals surface area contributed by atoms with Gasteiger partial charge in [-0.15, -0.1) is 0 Å². The molecule has 0 aliphatic carbocycles. The summed E-state index contributed by atoms with van der Waals surface area (Å²) in [5, 5.41) is 0. The van der Waals surface area contributed by atoms with Gasteiger partial charge in [-0.3, -0.25) is 9.59 Å². The van der Waals surface area contributed by atoms with Gasteiger partial charge < -0.3 is 9.30 Å². The summed E-state index contributed by atoms with van der Waals surface area (Å²) in [6.07, 6.45) is 0. The molecule has 140 valence electrons. The van der Waals surface area contributed by atoms with E-state index in [1.54, 1.807) is 22.8 Å². The van der Waals surface area contributed by atoms with Crippen LogP contribution >= 0.6 is 27.3 Å². The van der Waals surface area contributed by atoms with Crippen molar-refractivity contribution in [3.05, 3.63) is 62.9 Å². The molecule has 0 atom stereocenters. The summed E-state index contributed by atoms with van der Waals surface area (Å²) >= 11 is 4.77. The Labute approximate surface area is 169 Å². The summed E-state index contributed by atoms with van der Waals surface area (Å²) in [5.41, 5.74) is 2.52. The fraction of sp³-hybridized carbons (Fsp3) is 0.250. The number of halogens is 1. The maximum Gasteiger partial charge on any atom is 0.325 e. The lowest BCUT2D eigenvalue weighted by Gasteiger charge is -2.06. The van der Waals surface area contributed by atoms with Gasteiger partial charge in [0.25, 0.3) is 5.91 Å². The average molecular weight is 447 g/mol. The van der Waals surface area contributed by atoms with Crippen molar-refractivity contribution in [3.8, 4) is 0 Å². The van der Waals surface area contributed by atoms with Crippen LogP contribution in [0.3, 0.4) is 0 Å². The topological polar surface area (TPSA) is 60.7 Å². The third-order valence-corrected chi connectivity index (χ3v) is 5.92. The third kappa shape index (κ3) is 4.20. The first-order chi connectivity index (χ1) is 12.9. The van der Waals surface area contributed by atoms with Gasteiger partial charge in [-0.05, 0) is 51.7 Å². The van der Waals surface area contributed by atoms with E-state index in [-0.39, 0.29) is 12.5 Å². The van der Waals surface area contributed by atoms with Crippen molar-refractivity contribution in [1.82, 2.24) is 4.57 Å². The zero-order valence-corrected chi connectivity index (χ0v) is 17.6. The lowest BCUT2D eigenvalue weighted by Crippen LogP contribution is -2.22. The molecule has 2 aromatic carbocycles. The number of amides is 1. The zero-order chi connectivity index (χ0) is 19.6. The number of esters is 1. The second-order valence-electron chi connectivity index (χ2n) is 6.33. The van der Waals surface area contributed by atoms with E-state index in [0.717, 1.165) is 10.2 Å². The highest BCUT2D eigenvalue weighted by Crippen LogP contribution is 2.24. The number of carbonyl (C=O) groups excluding carboxylic acids is 2. The van der Waals surface area contributed by atoms with Crippen LogP contribution in [-0.2, 0) is 16.1 Å². The van der Waals surface area contributed by atoms with Crippen molar-refractivity contribution >= 4 is 49.4 Å². The van der Waals surface area contributed by atoms with Crippen LogP contribution in [0.1, 0.15) is 35.7 Å². The minimum Gasteiger partial charge on any atom is -0.468 e. The number of hydrogen-bond acceptors (Lipinski definition) is 4. The number of methoxy groups -OCH3 is 1. The predicted octanol–water partition coefficient (Wildman–Crippen LogP) is 4.50. The minimum atomic E-state index is -0.391. The maximum atomic E-state index is 12.7. The first-order valence-corrected chi connectivity index (χ1v) is 10.1. The van der Waals surface area contributed by atoms with Crippen LogP contribution in [0.4, 0.5) is 0 Å². The Hall–Kier alpha value is -2.25. The molecule has 0 spiro atoms. The molecule has 1 aromatic heterocycles. The van der Waals surface area contributed by atoms with Crippen LogP contribution in [0.5, 0.6) is 0 Å². The lowest BCUT2D eigenvalue weighted by molar-refractivity contribution is -0.141. The smallest absolute Gasteiger partial charge is 0.325 e. The lowest BCUT2D eigenvalue weighted by atomic mass is 10.0. The van der Waals surface area contributed by atoms with Gasteiger partial charge in [-0.1, -0.05) is 43.4 Å². The second-order valence-corrected chi connectivity index (χ2v) is 8.19. The van der Waals surface area contributed by atoms with Crippen LogP contribution in [0.15, 0.2) is 51.9 Å². The van der Waals surface area contributed by atoms with Crippen LogP contribution in [0.2, 0.25) is 0 Å². The first kappa shape index (κ1) is 19.5. The van der Waals surface area contributed by atoms with Crippen LogP contribution in [0, 0.1) is 0 Å². The second kappa shape index (κ2) is 8.19. The van der Waals surface area contributed by atoms with E-state index in [0.29, 0.717) is 20.8 Å². The quantitative estimate of drug-likeness (QED) is 0.554. The van der Waals surface area contributed by atoms with E-state index in [4.69, 9.17) is 4.74 Å². The Morgan fingerprint density at radius 3 is 2.63 bits per heavy atom. The fourth-order valence-electron chi connectivity index (χ4n) is 2.66. The normalized spacial score (nSPS) is 12.0. The zero-order valence-electron chi connectivity index (χ0n) is 15.2. The highest BCUT2D eigenvalue weighted by molar-refractivity contribution is 9.10. The summed E-state index contributed by atoms with van der Waals surface area (Å²) in [4.78, 5) is 29.3. The van der Waals surface area contributed by atoms with Crippen molar-refractivity contribution in [2.24, 2.45) is 4.99 Å². The maximum absolute atomic E-state index is 12.7. The molecule has 27 heavy (non-hydrogen) atoms. The molecule has 1 heterocycles. The summed E-state index contributed by atoms with van der Waals surface area (Å²) < 4.78 is 8.19. The summed E-state index contributed by atoms with van der Waals surface area (Å²) in [6, 6.07) is 13.2. The number of benzene rings is 2. The van der Waals surface area contributed by atoms with E-state index in [1.165, 1.54) is 24.0 Å². The van der Waals surface area contributed by atoms with Crippen molar-refractivity contribution in [3.63, 3.8) is 0 Å². The molecular formula is C20H19BrN2O3S. The van der Waals surface area contributed by atoms with Gasteiger partial charge in [-0.25, -0.2) is 0 Å². The molecule has 7 heteroatoms. The van der Waals surface area contributed by atoms with Gasteiger partial charge in [0.2, 0.25) is 0 Å². The average Bonchev–Trinajstić information content (AvgIpc) is 2.98. The number of thiazole rings is 1. The number of ether oxygens (including phenoxy) is 1. The Kier molecular flexibility index (Phi) is 5.92. The summed E-state index contributed by atoms with van der Waals surface area (Å²) in [7, 11) is 1.34. The van der Waals surface area contributed by atoms with Crippen molar-refractivity contribution in [1.29, 1.82) is 0 Å². The molecule has 0 saturated heterocycles. The fourth-order valence-corrected chi connectivity index (χ4v) is 4.19. The van der Waals surface area contributed by atoms with Crippen LogP contribution in [0.25, 0.3) is 10.2 Å². The molecule has 3 rings (SSSR count). The molecule has 1 amide bonds. The number of fused-ring (bicyclic) bond motifs is 1. The number of carbonyl (C=O) groups is 2. The van der Waals surface area contributed by atoms with Crippen molar-refractivity contribution < 1.29 is 14.3 Å². The molecule has 0 bridgehead atoms. The summed E-state index contributed by atoms with van der Waals surface area (Å²) in [5.74, 6) is -0.373. The highest BCUT2D eigenvalue weighted by atomic mass is 79.9. The molecule has 0 radical (unpaired) electrons. The van der Waals surface area contributed by atoms with Crippen LogP contribution in [-0.4, -0.2) is 23.6 Å². The molecule has 0 fully saturated rings. The Morgan fingerprint density at radius 2 is 1.96 bits per heavy atom. The molecular weight excluding hydrogens is 428 g/mol. The summed E-state index contributed by atoms with van der Waals surface area (Å²) in [6.45, 7) is 4.25. The van der Waals surface area contributed by atoms with Gasteiger partial charge in [0.05, 0.1) is 22.9 Å². The number of aromatic nitrogens is 1. The molecule has 0 saturated carbocycles. The van der Waals surface area contributed by atoms with Crippen molar-refractivity contribution in [2.75, 3.05) is 7.11 Å². The number of rotatable bonds is 4. The highest BCUT2D eigenvalue weighted by Gasteiger charge is 2.14. The molecule has 5 nitrogen and oxygen atoms in total. The van der Waals surface area contributed by atoms with E-state index < -0.39 is 5.97 Å². The minimum absolute atomic E-state index is 0.000399. The number of nitrogens with zero attached hydrogens (tertiary/aromatic N) is 2. The Balaban J connectivity index is 2.17. The Morgan fingerprint density at radius 1 is 1.22 bits per heavy atom. The predicted molar refractivity (Wildman–Crippen MR) is 110 cm³/mol. The Bertz CT molecular complexity index is 1080. The van der Waals surface area contributed by atoms with Crippen LogP contribution < -0.4 is 4.80 Å². The standard InChI is InChI=1S/C20H19BrN2O3S/c1-12(2)13-8-9-16-17(10-13)27-20(23(16)11-18(24)26-3)22-19(25)14-6-4-5-7-15(14)21/h4-10,12H,11H2,1-3H3. The molecule has 0 unspecified atom stereocenters. The third-order valence-electron chi connectivity index (χ3n) is 4.19. The number of hydrogen-bond donors (Lipinski definition) is 0. The van der Waals surface area contributed by atoms with E-state index in [9.17, 15) is 9.59 Å². The molecule has 3 aromatic rings. The van der Waals surface area contributed by atoms with E-state index in [1.807, 2.05) is 18.2 Å². The molecule has 0 aliphatic heterocycles.